The van der Waals surface area contributed by atoms with Crippen LogP contribution in [0.5, 0.6) is 0 Å². The van der Waals surface area contributed by atoms with Crippen molar-refractivity contribution in [2.75, 3.05) is 6.54 Å². The molecule has 0 bridgehead atoms. The van der Waals surface area contributed by atoms with Crippen molar-refractivity contribution in [1.82, 2.24) is 10.3 Å². The first-order valence-corrected chi connectivity index (χ1v) is 6.11. The van der Waals surface area contributed by atoms with Gasteiger partial charge in [-0.1, -0.05) is 6.92 Å². The predicted molar refractivity (Wildman–Crippen MR) is 70.6 cm³/mol. The van der Waals surface area contributed by atoms with Gasteiger partial charge in [-0.3, -0.25) is 10.1 Å². The Labute approximate surface area is 110 Å². The van der Waals surface area contributed by atoms with Crippen molar-refractivity contribution in [3.63, 3.8) is 0 Å². The van der Waals surface area contributed by atoms with E-state index in [0.717, 1.165) is 18.5 Å². The van der Waals surface area contributed by atoms with Crippen LogP contribution in [0.2, 0.25) is 0 Å². The molecule has 0 saturated heterocycles. The summed E-state index contributed by atoms with van der Waals surface area (Å²) in [4.78, 5) is 14.3. The summed E-state index contributed by atoms with van der Waals surface area (Å²) in [6, 6.07) is 6.21. The second-order valence-corrected chi connectivity index (χ2v) is 4.10. The second-order valence-electron chi connectivity index (χ2n) is 4.10. The highest BCUT2D eigenvalue weighted by molar-refractivity contribution is 5.58. The maximum absolute atomic E-state index is 10.6. The predicted octanol–water partition coefficient (Wildman–Crippen LogP) is 2.75. The molecule has 1 heterocycles. The van der Waals surface area contributed by atoms with Gasteiger partial charge in [-0.15, -0.1) is 0 Å². The highest BCUT2D eigenvalue weighted by Crippen LogP contribution is 2.23. The molecule has 0 aliphatic rings. The van der Waals surface area contributed by atoms with Crippen LogP contribution in [0.1, 0.15) is 19.2 Å². The number of benzene rings is 1. The lowest BCUT2D eigenvalue weighted by molar-refractivity contribution is -0.384. The minimum Gasteiger partial charge on any atom is -0.439 e. The minimum absolute atomic E-state index is 0.0631. The highest BCUT2D eigenvalue weighted by atomic mass is 16.6. The standard InChI is InChI=1S/C13H15N3O3/c1-2-7-14-9-13-15-8-12(19-13)10-3-5-11(6-4-10)16(17)18/h3-6,8,14H,2,7,9H2,1H3. The number of oxazole rings is 1. The quantitative estimate of drug-likeness (QED) is 0.491. The molecular formula is C13H15N3O3. The molecule has 100 valence electrons. The molecular weight excluding hydrogens is 246 g/mol. The van der Waals surface area contributed by atoms with Crippen molar-refractivity contribution in [2.24, 2.45) is 0 Å². The third-order valence-electron chi connectivity index (χ3n) is 2.62. The Morgan fingerprint density at radius 3 is 2.74 bits per heavy atom. The number of hydrogen-bond donors (Lipinski definition) is 1. The Balaban J connectivity index is 2.07. The van der Waals surface area contributed by atoms with Crippen molar-refractivity contribution < 1.29 is 9.34 Å². The number of non-ortho nitro benzene ring substituents is 1. The summed E-state index contributed by atoms with van der Waals surface area (Å²) in [6.07, 6.45) is 2.68. The molecule has 19 heavy (non-hydrogen) atoms. The number of nitro groups is 1. The summed E-state index contributed by atoms with van der Waals surface area (Å²) in [7, 11) is 0. The van der Waals surface area contributed by atoms with E-state index in [1.54, 1.807) is 18.3 Å². The van der Waals surface area contributed by atoms with E-state index in [1.807, 2.05) is 0 Å². The van der Waals surface area contributed by atoms with Crippen molar-refractivity contribution in [3.8, 4) is 11.3 Å². The maximum Gasteiger partial charge on any atom is 0.269 e. The van der Waals surface area contributed by atoms with E-state index >= 15 is 0 Å². The Kier molecular flexibility index (Phi) is 4.25. The molecule has 2 rings (SSSR count). The summed E-state index contributed by atoms with van der Waals surface area (Å²) in [5, 5.41) is 13.8. The molecule has 0 fully saturated rings. The molecule has 6 heteroatoms. The van der Waals surface area contributed by atoms with E-state index in [-0.39, 0.29) is 5.69 Å². The van der Waals surface area contributed by atoms with E-state index in [4.69, 9.17) is 4.42 Å². The number of aromatic nitrogens is 1. The maximum atomic E-state index is 10.6. The van der Waals surface area contributed by atoms with E-state index in [2.05, 4.69) is 17.2 Å². The topological polar surface area (TPSA) is 81.2 Å². The molecule has 0 spiro atoms. The van der Waals surface area contributed by atoms with E-state index in [0.29, 0.717) is 18.2 Å². The monoisotopic (exact) mass is 261 g/mol. The van der Waals surface area contributed by atoms with Crippen molar-refractivity contribution >= 4 is 5.69 Å². The smallest absolute Gasteiger partial charge is 0.269 e. The van der Waals surface area contributed by atoms with Gasteiger partial charge < -0.3 is 9.73 Å². The van der Waals surface area contributed by atoms with Crippen LogP contribution in [0, 0.1) is 10.1 Å². The van der Waals surface area contributed by atoms with E-state index < -0.39 is 4.92 Å². The van der Waals surface area contributed by atoms with Crippen LogP contribution in [0.15, 0.2) is 34.9 Å². The number of nitrogens with one attached hydrogen (secondary N) is 1. The Morgan fingerprint density at radius 2 is 2.11 bits per heavy atom. The van der Waals surface area contributed by atoms with Crippen molar-refractivity contribution in [1.29, 1.82) is 0 Å². The molecule has 0 aliphatic heterocycles. The number of nitrogens with zero attached hydrogens (tertiary/aromatic N) is 2. The summed E-state index contributed by atoms with van der Waals surface area (Å²) >= 11 is 0. The van der Waals surface area contributed by atoms with Gasteiger partial charge >= 0.3 is 0 Å². The van der Waals surface area contributed by atoms with Crippen LogP contribution < -0.4 is 5.32 Å². The van der Waals surface area contributed by atoms with Crippen LogP contribution in [0.25, 0.3) is 11.3 Å². The molecule has 1 aromatic heterocycles. The van der Waals surface area contributed by atoms with Gasteiger partial charge in [0.15, 0.2) is 5.76 Å². The van der Waals surface area contributed by atoms with Crippen LogP contribution in [0.3, 0.4) is 0 Å². The molecule has 0 unspecified atom stereocenters. The van der Waals surface area contributed by atoms with Crippen LogP contribution in [0.4, 0.5) is 5.69 Å². The third kappa shape index (κ3) is 3.38. The van der Waals surface area contributed by atoms with Crippen LogP contribution >= 0.6 is 0 Å². The molecule has 1 N–H and O–H groups in total. The van der Waals surface area contributed by atoms with Crippen LogP contribution in [-0.4, -0.2) is 16.5 Å². The Bertz CT molecular complexity index is 549. The van der Waals surface area contributed by atoms with Crippen molar-refractivity contribution in [2.45, 2.75) is 19.9 Å². The summed E-state index contributed by atoms with van der Waals surface area (Å²) < 4.78 is 5.57. The number of nitro benzene ring substituents is 1. The molecule has 0 radical (unpaired) electrons. The largest absolute Gasteiger partial charge is 0.439 e. The molecule has 0 amide bonds. The Morgan fingerprint density at radius 1 is 1.37 bits per heavy atom. The number of hydrogen-bond acceptors (Lipinski definition) is 5. The zero-order valence-electron chi connectivity index (χ0n) is 10.6. The normalized spacial score (nSPS) is 10.6. The van der Waals surface area contributed by atoms with Gasteiger partial charge in [-0.25, -0.2) is 4.98 Å². The van der Waals surface area contributed by atoms with Gasteiger partial charge in [-0.2, -0.15) is 0 Å². The van der Waals surface area contributed by atoms with Gasteiger partial charge in [0.25, 0.3) is 5.69 Å². The zero-order valence-corrected chi connectivity index (χ0v) is 10.6. The first kappa shape index (κ1) is 13.2. The van der Waals surface area contributed by atoms with E-state index in [9.17, 15) is 10.1 Å². The average Bonchev–Trinajstić information content (AvgIpc) is 2.88. The summed E-state index contributed by atoms with van der Waals surface area (Å²) in [5.41, 5.74) is 0.841. The van der Waals surface area contributed by atoms with Gasteiger partial charge in [0.05, 0.1) is 17.7 Å². The molecule has 6 nitrogen and oxygen atoms in total. The third-order valence-corrected chi connectivity index (χ3v) is 2.62. The van der Waals surface area contributed by atoms with Crippen molar-refractivity contribution in [3.05, 3.63) is 46.5 Å². The van der Waals surface area contributed by atoms with Gasteiger partial charge in [0.2, 0.25) is 5.89 Å². The van der Waals surface area contributed by atoms with Gasteiger partial charge in [0.1, 0.15) is 0 Å². The molecule has 0 saturated carbocycles. The fourth-order valence-electron chi connectivity index (χ4n) is 1.64. The second kappa shape index (κ2) is 6.10. The lowest BCUT2D eigenvalue weighted by Gasteiger charge is -1.98. The molecule has 0 aliphatic carbocycles. The summed E-state index contributed by atoms with van der Waals surface area (Å²) in [5.74, 6) is 1.23. The fourth-order valence-corrected chi connectivity index (χ4v) is 1.64. The molecule has 0 atom stereocenters. The van der Waals surface area contributed by atoms with Gasteiger partial charge in [-0.05, 0) is 25.1 Å². The fraction of sp³-hybridized carbons (Fsp3) is 0.308. The average molecular weight is 261 g/mol. The molecule has 1 aromatic carbocycles. The zero-order chi connectivity index (χ0) is 13.7. The Hall–Kier alpha value is -2.21. The number of rotatable bonds is 6. The lowest BCUT2D eigenvalue weighted by atomic mass is 10.2. The lowest BCUT2D eigenvalue weighted by Crippen LogP contribution is -2.13. The van der Waals surface area contributed by atoms with E-state index in [1.165, 1.54) is 12.1 Å². The van der Waals surface area contributed by atoms with Crippen LogP contribution in [-0.2, 0) is 6.54 Å². The first-order chi connectivity index (χ1) is 9.20. The summed E-state index contributed by atoms with van der Waals surface area (Å²) in [6.45, 7) is 3.58. The minimum atomic E-state index is -0.426. The molecule has 2 aromatic rings. The highest BCUT2D eigenvalue weighted by Gasteiger charge is 2.09. The SMILES string of the molecule is CCCNCc1ncc(-c2ccc([N+](=O)[O-])cc2)o1. The van der Waals surface area contributed by atoms with Gasteiger partial charge in [0, 0.05) is 17.7 Å². The first-order valence-electron chi connectivity index (χ1n) is 6.11.